The van der Waals surface area contributed by atoms with Gasteiger partial charge in [0.25, 0.3) is 0 Å². The Balaban J connectivity index is 2.23. The van der Waals surface area contributed by atoms with Crippen LogP contribution in [0.1, 0.15) is 29.2 Å². The molecule has 0 saturated carbocycles. The summed E-state index contributed by atoms with van der Waals surface area (Å²) in [6.45, 7) is 7.07. The van der Waals surface area contributed by atoms with Gasteiger partial charge in [-0.2, -0.15) is 0 Å². The van der Waals surface area contributed by atoms with E-state index in [1.165, 1.54) is 11.3 Å². The van der Waals surface area contributed by atoms with E-state index in [9.17, 15) is 9.90 Å². The van der Waals surface area contributed by atoms with Crippen LogP contribution in [0.2, 0.25) is 0 Å². The monoisotopic (exact) mass is 270 g/mol. The number of hydrogen-bond acceptors (Lipinski definition) is 5. The highest BCUT2D eigenvalue weighted by atomic mass is 32.1. The number of aromatic nitrogens is 1. The Morgan fingerprint density at radius 3 is 2.72 bits per heavy atom. The number of carbonyl (C=O) groups is 1. The molecular weight excluding hydrogens is 252 g/mol. The minimum Gasteiger partial charge on any atom is -0.477 e. The summed E-state index contributed by atoms with van der Waals surface area (Å²) in [5, 5.41) is 10.0. The van der Waals surface area contributed by atoms with Crippen LogP contribution < -0.4 is 4.90 Å². The van der Waals surface area contributed by atoms with E-state index in [1.807, 2.05) is 0 Å². The maximum absolute atomic E-state index is 11.2. The Morgan fingerprint density at radius 2 is 2.17 bits per heavy atom. The lowest BCUT2D eigenvalue weighted by Crippen LogP contribution is -2.36. The molecule has 1 N–H and O–H groups in total. The maximum Gasteiger partial charge on any atom is 0.347 e. The summed E-state index contributed by atoms with van der Waals surface area (Å²) in [6.07, 6.45) is 0.711. The molecule has 1 aliphatic heterocycles. The third-order valence-electron chi connectivity index (χ3n) is 2.76. The molecule has 1 aromatic heterocycles. The Bertz CT molecular complexity index is 425. The van der Waals surface area contributed by atoms with Crippen LogP contribution in [-0.2, 0) is 11.2 Å². The number of carboxylic acids is 1. The Kier molecular flexibility index (Phi) is 4.19. The van der Waals surface area contributed by atoms with Crippen molar-refractivity contribution >= 4 is 22.4 Å². The Hall–Kier alpha value is -1.14. The van der Waals surface area contributed by atoms with Crippen LogP contribution >= 0.6 is 11.3 Å². The second-order valence-corrected chi connectivity index (χ2v) is 5.75. The summed E-state index contributed by atoms with van der Waals surface area (Å²) in [4.78, 5) is 18.2. The molecule has 1 fully saturated rings. The predicted molar refractivity (Wildman–Crippen MR) is 70.6 cm³/mol. The summed E-state index contributed by atoms with van der Waals surface area (Å²) in [5.41, 5.74) is 0.712. The van der Waals surface area contributed by atoms with E-state index in [0.717, 1.165) is 18.2 Å². The molecule has 0 aliphatic carbocycles. The average Bonchev–Trinajstić information content (AvgIpc) is 2.73. The van der Waals surface area contributed by atoms with E-state index in [1.54, 1.807) is 0 Å². The van der Waals surface area contributed by atoms with Gasteiger partial charge in [0, 0.05) is 13.1 Å². The molecular formula is C12H18N2O3S. The van der Waals surface area contributed by atoms with Crippen LogP contribution in [0.4, 0.5) is 5.13 Å². The van der Waals surface area contributed by atoms with Crippen molar-refractivity contribution in [2.45, 2.75) is 20.3 Å². The minimum absolute atomic E-state index is 0.380. The second kappa shape index (κ2) is 5.67. The van der Waals surface area contributed by atoms with Gasteiger partial charge in [0.1, 0.15) is 4.88 Å². The fourth-order valence-corrected chi connectivity index (χ4v) is 2.91. The molecule has 0 bridgehead atoms. The van der Waals surface area contributed by atoms with Crippen molar-refractivity contribution in [3.63, 3.8) is 0 Å². The number of ether oxygens (including phenoxy) is 1. The molecule has 1 aromatic rings. The van der Waals surface area contributed by atoms with Gasteiger partial charge in [0.2, 0.25) is 0 Å². The largest absolute Gasteiger partial charge is 0.477 e. The summed E-state index contributed by atoms with van der Waals surface area (Å²) in [7, 11) is 0. The van der Waals surface area contributed by atoms with E-state index in [4.69, 9.17) is 4.74 Å². The van der Waals surface area contributed by atoms with Gasteiger partial charge in [0.05, 0.1) is 18.9 Å². The number of rotatable bonds is 4. The molecule has 0 radical (unpaired) electrons. The zero-order chi connectivity index (χ0) is 13.1. The maximum atomic E-state index is 11.2. The van der Waals surface area contributed by atoms with Crippen LogP contribution in [0.25, 0.3) is 0 Å². The molecule has 100 valence electrons. The van der Waals surface area contributed by atoms with Gasteiger partial charge in [0.15, 0.2) is 5.13 Å². The molecule has 2 heterocycles. The van der Waals surface area contributed by atoms with Crippen LogP contribution in [0.15, 0.2) is 0 Å². The van der Waals surface area contributed by atoms with E-state index < -0.39 is 5.97 Å². The first-order chi connectivity index (χ1) is 8.58. The van der Waals surface area contributed by atoms with Crippen LogP contribution in [0.5, 0.6) is 0 Å². The molecule has 18 heavy (non-hydrogen) atoms. The van der Waals surface area contributed by atoms with E-state index >= 15 is 0 Å². The Labute approximate surface area is 110 Å². The molecule has 0 aromatic carbocycles. The predicted octanol–water partition coefficient (Wildman–Crippen LogP) is 1.88. The van der Waals surface area contributed by atoms with Crippen molar-refractivity contribution in [1.82, 2.24) is 4.98 Å². The normalized spacial score (nSPS) is 16.3. The quantitative estimate of drug-likeness (QED) is 0.905. The van der Waals surface area contributed by atoms with Crippen molar-refractivity contribution in [2.75, 3.05) is 31.2 Å². The van der Waals surface area contributed by atoms with Crippen LogP contribution in [-0.4, -0.2) is 42.4 Å². The average molecular weight is 270 g/mol. The van der Waals surface area contributed by atoms with Crippen molar-refractivity contribution in [3.8, 4) is 0 Å². The molecule has 5 nitrogen and oxygen atoms in total. The van der Waals surface area contributed by atoms with Crippen LogP contribution in [0, 0.1) is 5.92 Å². The summed E-state index contributed by atoms with van der Waals surface area (Å²) in [6, 6.07) is 0. The fraction of sp³-hybridized carbons (Fsp3) is 0.667. The highest BCUT2D eigenvalue weighted by Crippen LogP contribution is 2.28. The highest BCUT2D eigenvalue weighted by Gasteiger charge is 2.22. The van der Waals surface area contributed by atoms with Gasteiger partial charge in [-0.1, -0.05) is 25.2 Å². The third kappa shape index (κ3) is 3.00. The number of morpholine rings is 1. The van der Waals surface area contributed by atoms with E-state index in [-0.39, 0.29) is 0 Å². The van der Waals surface area contributed by atoms with Gasteiger partial charge in [-0.25, -0.2) is 9.78 Å². The molecule has 6 heteroatoms. The molecule has 0 atom stereocenters. The highest BCUT2D eigenvalue weighted by molar-refractivity contribution is 7.17. The van der Waals surface area contributed by atoms with E-state index in [0.29, 0.717) is 36.1 Å². The number of anilines is 1. The summed E-state index contributed by atoms with van der Waals surface area (Å²) < 4.78 is 5.29. The van der Waals surface area contributed by atoms with Crippen molar-refractivity contribution in [2.24, 2.45) is 5.92 Å². The first kappa shape index (κ1) is 13.3. The van der Waals surface area contributed by atoms with Gasteiger partial charge in [-0.15, -0.1) is 0 Å². The zero-order valence-electron chi connectivity index (χ0n) is 10.7. The second-order valence-electron chi connectivity index (χ2n) is 4.77. The number of aromatic carboxylic acids is 1. The lowest BCUT2D eigenvalue weighted by atomic mass is 10.1. The minimum atomic E-state index is -0.873. The molecule has 0 unspecified atom stereocenters. The van der Waals surface area contributed by atoms with Gasteiger partial charge in [-0.05, 0) is 12.3 Å². The topological polar surface area (TPSA) is 62.7 Å². The number of hydrogen-bond donors (Lipinski definition) is 1. The van der Waals surface area contributed by atoms with Gasteiger partial charge >= 0.3 is 5.97 Å². The van der Waals surface area contributed by atoms with Crippen molar-refractivity contribution < 1.29 is 14.6 Å². The summed E-state index contributed by atoms with van der Waals surface area (Å²) >= 11 is 1.28. The standard InChI is InChI=1S/C12H18N2O3S/c1-8(2)7-9-10(11(15)16)18-12(13-9)14-3-5-17-6-4-14/h8H,3-7H2,1-2H3,(H,15,16). The number of nitrogens with zero attached hydrogens (tertiary/aromatic N) is 2. The first-order valence-corrected chi connectivity index (χ1v) is 6.95. The Morgan fingerprint density at radius 1 is 1.50 bits per heavy atom. The SMILES string of the molecule is CC(C)Cc1nc(N2CCOCC2)sc1C(=O)O. The van der Waals surface area contributed by atoms with Crippen molar-refractivity contribution in [1.29, 1.82) is 0 Å². The fourth-order valence-electron chi connectivity index (χ4n) is 1.92. The molecule has 0 amide bonds. The summed E-state index contributed by atoms with van der Waals surface area (Å²) in [5.74, 6) is -0.467. The number of carboxylic acid groups (broad SMARTS) is 1. The molecule has 2 rings (SSSR count). The lowest BCUT2D eigenvalue weighted by Gasteiger charge is -2.26. The third-order valence-corrected chi connectivity index (χ3v) is 3.91. The number of thiazole rings is 1. The molecule has 0 spiro atoms. The van der Waals surface area contributed by atoms with E-state index in [2.05, 4.69) is 23.7 Å². The molecule has 1 saturated heterocycles. The van der Waals surface area contributed by atoms with Crippen LogP contribution in [0.3, 0.4) is 0 Å². The lowest BCUT2D eigenvalue weighted by molar-refractivity contribution is 0.0700. The zero-order valence-corrected chi connectivity index (χ0v) is 11.5. The molecule has 1 aliphatic rings. The van der Waals surface area contributed by atoms with Gasteiger partial charge < -0.3 is 14.7 Å². The smallest absolute Gasteiger partial charge is 0.347 e. The first-order valence-electron chi connectivity index (χ1n) is 6.13. The van der Waals surface area contributed by atoms with Crippen molar-refractivity contribution in [3.05, 3.63) is 10.6 Å². The van der Waals surface area contributed by atoms with Gasteiger partial charge in [-0.3, -0.25) is 0 Å².